The van der Waals surface area contributed by atoms with Crippen LogP contribution >= 0.6 is 0 Å². The first-order chi connectivity index (χ1) is 14.2. The van der Waals surface area contributed by atoms with Crippen LogP contribution in [-0.2, 0) is 4.79 Å². The van der Waals surface area contributed by atoms with Gasteiger partial charge in [-0.15, -0.1) is 0 Å². The molecule has 0 bridgehead atoms. The van der Waals surface area contributed by atoms with Crippen molar-refractivity contribution in [3.63, 3.8) is 0 Å². The molecule has 0 radical (unpaired) electrons. The van der Waals surface area contributed by atoms with E-state index in [4.69, 9.17) is 0 Å². The predicted octanol–water partition coefficient (Wildman–Crippen LogP) is 2.41. The third-order valence-electron chi connectivity index (χ3n) is 6.17. The molecule has 2 aliphatic rings. The van der Waals surface area contributed by atoms with Crippen LogP contribution < -0.4 is 0 Å². The molecule has 2 fully saturated rings. The third-order valence-corrected chi connectivity index (χ3v) is 6.17. The molecule has 0 saturated carbocycles. The number of amides is 2. The molecule has 2 aromatic heterocycles. The van der Waals surface area contributed by atoms with Crippen molar-refractivity contribution in [3.05, 3.63) is 66.1 Å². The second-order valence-electron chi connectivity index (χ2n) is 7.84. The number of rotatable bonds is 3. The summed E-state index contributed by atoms with van der Waals surface area (Å²) in [5, 5.41) is 4.38. The van der Waals surface area contributed by atoms with Crippen LogP contribution in [0.2, 0.25) is 0 Å². The molecule has 4 heterocycles. The summed E-state index contributed by atoms with van der Waals surface area (Å²) in [5.41, 5.74) is 2.23. The minimum absolute atomic E-state index is 0.0224. The van der Waals surface area contributed by atoms with Crippen LogP contribution in [0.4, 0.5) is 0 Å². The molecule has 5 rings (SSSR count). The molecule has 0 N–H and O–H groups in total. The molecule has 0 aliphatic carbocycles. The lowest BCUT2D eigenvalue weighted by molar-refractivity contribution is -0.132. The lowest BCUT2D eigenvalue weighted by Gasteiger charge is -2.29. The summed E-state index contributed by atoms with van der Waals surface area (Å²) in [5.74, 6) is 0.643. The molecule has 7 nitrogen and oxygen atoms in total. The fraction of sp³-hybridized carbons (Fsp3) is 0.364. The van der Waals surface area contributed by atoms with E-state index in [0.29, 0.717) is 37.4 Å². The number of aromatic nitrogens is 3. The Kier molecular flexibility index (Phi) is 4.30. The van der Waals surface area contributed by atoms with Crippen LogP contribution in [0.1, 0.15) is 35.4 Å². The lowest BCUT2D eigenvalue weighted by atomic mass is 9.89. The van der Waals surface area contributed by atoms with Crippen LogP contribution in [0, 0.1) is 11.8 Å². The summed E-state index contributed by atoms with van der Waals surface area (Å²) in [7, 11) is 0. The molecule has 148 valence electrons. The first-order valence-corrected chi connectivity index (χ1v) is 10.1. The minimum atomic E-state index is -0.0647. The number of carbonyl (C=O) groups is 2. The number of hydrogen-bond donors (Lipinski definition) is 0. The Labute approximate surface area is 168 Å². The number of fused-ring (bicyclic) bond motifs is 2. The topological polar surface area (TPSA) is 70.8 Å². The van der Waals surface area contributed by atoms with Gasteiger partial charge in [-0.2, -0.15) is 5.10 Å². The van der Waals surface area contributed by atoms with Gasteiger partial charge in [0, 0.05) is 56.4 Å². The molecule has 0 spiro atoms. The van der Waals surface area contributed by atoms with Crippen molar-refractivity contribution in [3.8, 4) is 0 Å². The van der Waals surface area contributed by atoms with Crippen LogP contribution in [0.15, 0.2) is 54.9 Å². The predicted molar refractivity (Wildman–Crippen MR) is 107 cm³/mol. The van der Waals surface area contributed by atoms with Crippen molar-refractivity contribution in [1.82, 2.24) is 24.4 Å². The fourth-order valence-corrected chi connectivity index (χ4v) is 4.84. The minimum Gasteiger partial charge on any atom is -0.337 e. The van der Waals surface area contributed by atoms with Gasteiger partial charge in [0.25, 0.3) is 5.91 Å². The van der Waals surface area contributed by atoms with Gasteiger partial charge >= 0.3 is 0 Å². The Morgan fingerprint density at radius 2 is 1.93 bits per heavy atom. The highest BCUT2D eigenvalue weighted by atomic mass is 16.2. The van der Waals surface area contributed by atoms with Crippen LogP contribution in [-0.4, -0.2) is 55.8 Å². The van der Waals surface area contributed by atoms with Gasteiger partial charge in [0.05, 0.1) is 6.04 Å². The van der Waals surface area contributed by atoms with E-state index in [0.717, 1.165) is 5.56 Å². The zero-order valence-electron chi connectivity index (χ0n) is 16.3. The maximum atomic E-state index is 13.1. The van der Waals surface area contributed by atoms with Crippen LogP contribution in [0.3, 0.4) is 0 Å². The van der Waals surface area contributed by atoms with E-state index in [2.05, 4.69) is 22.2 Å². The van der Waals surface area contributed by atoms with E-state index < -0.39 is 0 Å². The molecule has 1 aromatic carbocycles. The average molecular weight is 389 g/mol. The molecular weight excluding hydrogens is 366 g/mol. The molecule has 2 aliphatic heterocycles. The largest absolute Gasteiger partial charge is 0.337 e. The first-order valence-electron chi connectivity index (χ1n) is 10.1. The maximum absolute atomic E-state index is 13.1. The van der Waals surface area contributed by atoms with Gasteiger partial charge in [0.1, 0.15) is 0 Å². The van der Waals surface area contributed by atoms with E-state index in [1.54, 1.807) is 29.0 Å². The fourth-order valence-electron chi connectivity index (χ4n) is 4.84. The van der Waals surface area contributed by atoms with Crippen molar-refractivity contribution >= 4 is 17.5 Å². The number of benzene rings is 1. The van der Waals surface area contributed by atoms with E-state index in [1.807, 2.05) is 34.9 Å². The molecular formula is C22H23N5O2. The molecule has 0 unspecified atom stereocenters. The highest BCUT2D eigenvalue weighted by Crippen LogP contribution is 2.45. The van der Waals surface area contributed by atoms with Gasteiger partial charge in [0.15, 0.2) is 11.3 Å². The maximum Gasteiger partial charge on any atom is 0.274 e. The normalized spacial score (nSPS) is 23.6. The summed E-state index contributed by atoms with van der Waals surface area (Å²) in [6.07, 6.45) is 3.98. The van der Waals surface area contributed by atoms with Gasteiger partial charge in [-0.05, 0) is 11.6 Å². The second kappa shape index (κ2) is 6.99. The van der Waals surface area contributed by atoms with Crippen molar-refractivity contribution < 1.29 is 9.59 Å². The van der Waals surface area contributed by atoms with Gasteiger partial charge in [-0.1, -0.05) is 37.3 Å². The standard InChI is InChI=1S/C22H23N5O2/c1-2-20(28)26-13-16-12-25(14-17(16)21(26)15-7-4-3-5-8-15)22(29)18-11-19-23-9-6-10-27(19)24-18/h3-11,16-17,21H,2,12-14H2,1H3/t16-,17-,21+/m0/s1. The summed E-state index contributed by atoms with van der Waals surface area (Å²) in [6, 6.07) is 13.7. The lowest BCUT2D eigenvalue weighted by Crippen LogP contribution is -2.37. The molecule has 2 amide bonds. The number of nitrogens with zero attached hydrogens (tertiary/aromatic N) is 5. The third kappa shape index (κ3) is 2.97. The number of likely N-dealkylation sites (tertiary alicyclic amines) is 2. The Morgan fingerprint density at radius 1 is 1.10 bits per heavy atom. The molecule has 3 atom stereocenters. The second-order valence-corrected chi connectivity index (χ2v) is 7.84. The Balaban J connectivity index is 1.41. The molecule has 29 heavy (non-hydrogen) atoms. The van der Waals surface area contributed by atoms with E-state index in [9.17, 15) is 9.59 Å². The molecule has 2 saturated heterocycles. The van der Waals surface area contributed by atoms with E-state index in [-0.39, 0.29) is 29.7 Å². The van der Waals surface area contributed by atoms with Gasteiger partial charge in [-0.3, -0.25) is 9.59 Å². The van der Waals surface area contributed by atoms with Crippen molar-refractivity contribution in [2.75, 3.05) is 19.6 Å². The smallest absolute Gasteiger partial charge is 0.274 e. The molecule has 3 aromatic rings. The van der Waals surface area contributed by atoms with Gasteiger partial charge in [0.2, 0.25) is 5.91 Å². The highest BCUT2D eigenvalue weighted by molar-refractivity contribution is 5.93. The Hall–Kier alpha value is -3.22. The summed E-state index contributed by atoms with van der Waals surface area (Å²) >= 11 is 0. The Morgan fingerprint density at radius 3 is 2.69 bits per heavy atom. The van der Waals surface area contributed by atoms with Crippen LogP contribution in [0.5, 0.6) is 0 Å². The van der Waals surface area contributed by atoms with Crippen LogP contribution in [0.25, 0.3) is 5.65 Å². The quantitative estimate of drug-likeness (QED) is 0.690. The molecule has 7 heteroatoms. The summed E-state index contributed by atoms with van der Waals surface area (Å²) in [6.45, 7) is 3.90. The average Bonchev–Trinajstić information content (AvgIpc) is 3.45. The van der Waals surface area contributed by atoms with E-state index >= 15 is 0 Å². The van der Waals surface area contributed by atoms with Crippen molar-refractivity contribution in [2.45, 2.75) is 19.4 Å². The number of hydrogen-bond acceptors (Lipinski definition) is 4. The highest BCUT2D eigenvalue weighted by Gasteiger charge is 2.49. The first kappa shape index (κ1) is 17.8. The zero-order valence-corrected chi connectivity index (χ0v) is 16.3. The van der Waals surface area contributed by atoms with Gasteiger partial charge in [-0.25, -0.2) is 9.50 Å². The summed E-state index contributed by atoms with van der Waals surface area (Å²) in [4.78, 5) is 33.8. The monoisotopic (exact) mass is 389 g/mol. The SMILES string of the molecule is CCC(=O)N1C[C@@H]2CN(C(=O)c3cc4ncccn4n3)C[C@@H]2[C@H]1c1ccccc1. The summed E-state index contributed by atoms with van der Waals surface area (Å²) < 4.78 is 1.62. The van der Waals surface area contributed by atoms with E-state index in [1.165, 1.54) is 0 Å². The number of carbonyl (C=O) groups excluding carboxylic acids is 2. The van der Waals surface area contributed by atoms with Gasteiger partial charge < -0.3 is 9.80 Å². The van der Waals surface area contributed by atoms with Crippen molar-refractivity contribution in [1.29, 1.82) is 0 Å². The zero-order chi connectivity index (χ0) is 20.0. The van der Waals surface area contributed by atoms with Crippen molar-refractivity contribution in [2.24, 2.45) is 11.8 Å². The Bertz CT molecular complexity index is 1030.